The van der Waals surface area contributed by atoms with Crippen LogP contribution in [0.5, 0.6) is 0 Å². The molecule has 1 saturated carbocycles. The number of benzene rings is 2. The number of tetrazole rings is 1. The lowest BCUT2D eigenvalue weighted by molar-refractivity contribution is -0.145. The fourth-order valence-corrected chi connectivity index (χ4v) is 8.28. The zero-order chi connectivity index (χ0) is 35.6. The van der Waals surface area contributed by atoms with Crippen molar-refractivity contribution in [2.45, 2.75) is 123 Å². The Balaban J connectivity index is 1.28. The summed E-state index contributed by atoms with van der Waals surface area (Å²) in [6.45, 7) is 5.47. The number of rotatable bonds is 16. The lowest BCUT2D eigenvalue weighted by atomic mass is 9.66. The van der Waals surface area contributed by atoms with Crippen molar-refractivity contribution in [2.24, 2.45) is 5.41 Å². The van der Waals surface area contributed by atoms with Crippen molar-refractivity contribution in [3.63, 3.8) is 0 Å². The molecule has 1 unspecified atom stereocenters. The molecule has 1 atom stereocenters. The summed E-state index contributed by atoms with van der Waals surface area (Å²) in [7, 11) is 0. The van der Waals surface area contributed by atoms with Crippen molar-refractivity contribution in [1.29, 1.82) is 0 Å². The van der Waals surface area contributed by atoms with Crippen LogP contribution in [0.4, 0.5) is 0 Å². The third-order valence-corrected chi connectivity index (χ3v) is 10.9. The van der Waals surface area contributed by atoms with Crippen LogP contribution in [0.15, 0.2) is 53.3 Å². The molecule has 1 fully saturated rings. The number of aromatic nitrogens is 6. The Labute approximate surface area is 300 Å². The summed E-state index contributed by atoms with van der Waals surface area (Å²) in [5, 5.41) is 17.8. The molecule has 51 heavy (non-hydrogen) atoms. The van der Waals surface area contributed by atoms with E-state index in [-0.39, 0.29) is 36.6 Å². The highest BCUT2D eigenvalue weighted by atomic mass is 16.5. The van der Waals surface area contributed by atoms with Gasteiger partial charge in [-0.2, -0.15) is 5.21 Å². The standard InChI is InChI=1S/C40H53N7O4/c1-3-5-8-16-34-33(28-29-19-21-30(22-20-29)31-14-9-10-15-32(31)37-42-44-45-43-37)38(49)47-35(17-13-26-46(34)47)40(23-11-7-12-24-40)39(50)41-25-27-51-36(48)18-6-4-2/h9-10,14-15,19-22,35H,3-8,11-13,16-18,23-28H2,1-2H3,(H,41,50)(H,42,43,44,45). The van der Waals surface area contributed by atoms with Gasteiger partial charge in [-0.15, -0.1) is 10.2 Å². The molecule has 0 bridgehead atoms. The molecule has 6 rings (SSSR count). The Hall–Kier alpha value is -4.54. The van der Waals surface area contributed by atoms with Crippen molar-refractivity contribution in [3.05, 3.63) is 75.7 Å². The van der Waals surface area contributed by atoms with Gasteiger partial charge in [0, 0.05) is 36.2 Å². The van der Waals surface area contributed by atoms with Gasteiger partial charge in [-0.1, -0.05) is 101 Å². The summed E-state index contributed by atoms with van der Waals surface area (Å²) in [4.78, 5) is 41.0. The molecular weight excluding hydrogens is 642 g/mol. The van der Waals surface area contributed by atoms with E-state index in [1.807, 2.05) is 29.8 Å². The number of nitrogens with zero attached hydrogens (tertiary/aromatic N) is 5. The van der Waals surface area contributed by atoms with Gasteiger partial charge in [0.05, 0.1) is 18.0 Å². The summed E-state index contributed by atoms with van der Waals surface area (Å²) in [5.41, 5.74) is 5.36. The third kappa shape index (κ3) is 8.02. The Morgan fingerprint density at radius 3 is 2.45 bits per heavy atom. The summed E-state index contributed by atoms with van der Waals surface area (Å²) < 4.78 is 9.63. The van der Waals surface area contributed by atoms with Gasteiger partial charge in [-0.3, -0.25) is 19.1 Å². The number of H-pyrrole nitrogens is 1. The second kappa shape index (κ2) is 17.1. The van der Waals surface area contributed by atoms with E-state index in [9.17, 15) is 14.4 Å². The van der Waals surface area contributed by atoms with Crippen molar-refractivity contribution in [3.8, 4) is 22.5 Å². The molecular formula is C40H53N7O4. The van der Waals surface area contributed by atoms with Crippen LogP contribution in [-0.4, -0.2) is 55.0 Å². The predicted molar refractivity (Wildman–Crippen MR) is 197 cm³/mol. The Kier molecular flexibility index (Phi) is 12.2. The van der Waals surface area contributed by atoms with Crippen molar-refractivity contribution in [2.75, 3.05) is 13.2 Å². The number of esters is 1. The molecule has 11 nitrogen and oxygen atoms in total. The molecule has 0 spiro atoms. The van der Waals surface area contributed by atoms with Crippen LogP contribution in [0.25, 0.3) is 22.5 Å². The van der Waals surface area contributed by atoms with Gasteiger partial charge in [0.15, 0.2) is 0 Å². The van der Waals surface area contributed by atoms with E-state index in [0.29, 0.717) is 18.7 Å². The number of nitrogens with one attached hydrogen (secondary N) is 2. The number of aromatic amines is 1. The largest absolute Gasteiger partial charge is 0.464 e. The van der Waals surface area contributed by atoms with Crippen molar-refractivity contribution >= 4 is 11.9 Å². The fraction of sp³-hybridized carbons (Fsp3) is 0.550. The topological polar surface area (TPSA) is 137 Å². The number of fused-ring (bicyclic) bond motifs is 1. The first kappa shape index (κ1) is 36.3. The number of hydrogen-bond donors (Lipinski definition) is 2. The van der Waals surface area contributed by atoms with Crippen LogP contribution in [0.2, 0.25) is 0 Å². The zero-order valence-corrected chi connectivity index (χ0v) is 30.3. The highest BCUT2D eigenvalue weighted by molar-refractivity contribution is 5.83. The van der Waals surface area contributed by atoms with Gasteiger partial charge in [0.25, 0.3) is 5.56 Å². The minimum atomic E-state index is -0.670. The number of hydrogen-bond acceptors (Lipinski definition) is 7. The lowest BCUT2D eigenvalue weighted by Crippen LogP contribution is -2.52. The van der Waals surface area contributed by atoms with E-state index in [0.717, 1.165) is 124 Å². The Morgan fingerprint density at radius 2 is 1.73 bits per heavy atom. The molecule has 11 heteroatoms. The first-order chi connectivity index (χ1) is 25.0. The normalized spacial score (nSPS) is 16.8. The second-order valence-electron chi connectivity index (χ2n) is 14.3. The zero-order valence-electron chi connectivity index (χ0n) is 30.3. The van der Waals surface area contributed by atoms with E-state index in [2.05, 4.69) is 67.9 Å². The maximum atomic E-state index is 14.7. The summed E-state index contributed by atoms with van der Waals surface area (Å²) in [6, 6.07) is 16.2. The molecule has 1 aliphatic carbocycles. The van der Waals surface area contributed by atoms with Crippen LogP contribution in [0, 0.1) is 5.41 Å². The first-order valence-electron chi connectivity index (χ1n) is 19.2. The average Bonchev–Trinajstić information content (AvgIpc) is 3.80. The summed E-state index contributed by atoms with van der Waals surface area (Å²) in [5.74, 6) is 0.314. The maximum Gasteiger partial charge on any atom is 0.305 e. The highest BCUT2D eigenvalue weighted by Crippen LogP contribution is 2.48. The van der Waals surface area contributed by atoms with Crippen LogP contribution in [0.1, 0.15) is 120 Å². The minimum Gasteiger partial charge on any atom is -0.464 e. The van der Waals surface area contributed by atoms with Gasteiger partial charge in [-0.05, 0) is 66.8 Å². The van der Waals surface area contributed by atoms with Crippen LogP contribution in [0.3, 0.4) is 0 Å². The summed E-state index contributed by atoms with van der Waals surface area (Å²) in [6.07, 6.45) is 13.0. The molecule has 272 valence electrons. The smallest absolute Gasteiger partial charge is 0.305 e. The number of amides is 1. The number of carbonyl (C=O) groups excluding carboxylic acids is 2. The van der Waals surface area contributed by atoms with E-state index >= 15 is 0 Å². The van der Waals surface area contributed by atoms with Gasteiger partial charge >= 0.3 is 5.97 Å². The number of unbranched alkanes of at least 4 members (excludes halogenated alkanes) is 3. The van der Waals surface area contributed by atoms with Crippen molar-refractivity contribution in [1.82, 2.24) is 35.3 Å². The fourth-order valence-electron chi connectivity index (χ4n) is 8.28. The van der Waals surface area contributed by atoms with E-state index in [1.165, 1.54) is 0 Å². The lowest BCUT2D eigenvalue weighted by Gasteiger charge is -2.45. The van der Waals surface area contributed by atoms with E-state index < -0.39 is 5.41 Å². The number of carbonyl (C=O) groups is 2. The van der Waals surface area contributed by atoms with Crippen molar-refractivity contribution < 1.29 is 14.3 Å². The van der Waals surface area contributed by atoms with E-state index in [1.54, 1.807) is 0 Å². The molecule has 2 aliphatic rings. The Bertz CT molecular complexity index is 1800. The van der Waals surface area contributed by atoms with Gasteiger partial charge in [0.1, 0.15) is 6.61 Å². The van der Waals surface area contributed by atoms with Crippen LogP contribution in [-0.2, 0) is 33.7 Å². The van der Waals surface area contributed by atoms with Crippen LogP contribution < -0.4 is 10.9 Å². The number of ether oxygens (including phenoxy) is 1. The quantitative estimate of drug-likeness (QED) is 0.0956. The van der Waals surface area contributed by atoms with E-state index in [4.69, 9.17) is 4.74 Å². The molecule has 2 N–H and O–H groups in total. The highest BCUT2D eigenvalue weighted by Gasteiger charge is 2.49. The first-order valence-corrected chi connectivity index (χ1v) is 19.2. The second-order valence-corrected chi connectivity index (χ2v) is 14.3. The summed E-state index contributed by atoms with van der Waals surface area (Å²) >= 11 is 0. The molecule has 1 amide bonds. The molecule has 4 aromatic rings. The third-order valence-electron chi connectivity index (χ3n) is 10.9. The monoisotopic (exact) mass is 695 g/mol. The minimum absolute atomic E-state index is 0.0101. The Morgan fingerprint density at radius 1 is 0.961 bits per heavy atom. The molecule has 1 aliphatic heterocycles. The predicted octanol–water partition coefficient (Wildman–Crippen LogP) is 6.96. The average molecular weight is 696 g/mol. The van der Waals surface area contributed by atoms with Gasteiger partial charge < -0.3 is 10.1 Å². The van der Waals surface area contributed by atoms with Gasteiger partial charge in [0.2, 0.25) is 11.7 Å². The molecule has 0 saturated heterocycles. The molecule has 2 aromatic heterocycles. The molecule has 3 heterocycles. The van der Waals surface area contributed by atoms with Gasteiger partial charge in [-0.25, -0.2) is 4.68 Å². The SMILES string of the molecule is CCCCCc1c(Cc2ccc(-c3ccccc3-c3nn[nH]n3)cc2)c(=O)n2n1CCCC2C1(C(=O)NCCOC(=O)CCCC)CCCCC1. The molecule has 0 radical (unpaired) electrons. The maximum absolute atomic E-state index is 14.7. The molecule has 2 aromatic carbocycles. The van der Waals surface area contributed by atoms with Crippen LogP contribution >= 0.6 is 0 Å².